The van der Waals surface area contributed by atoms with Gasteiger partial charge in [0.1, 0.15) is 34.6 Å². The minimum atomic E-state index is -1.24. The summed E-state index contributed by atoms with van der Waals surface area (Å²) in [6.45, 7) is 7.97. The van der Waals surface area contributed by atoms with E-state index < -0.39 is 22.8 Å². The highest BCUT2D eigenvalue weighted by molar-refractivity contribution is 6.31. The van der Waals surface area contributed by atoms with Gasteiger partial charge in [0.2, 0.25) is 0 Å². The van der Waals surface area contributed by atoms with Crippen molar-refractivity contribution in [1.29, 1.82) is 0 Å². The molecule has 10 heteroatoms. The van der Waals surface area contributed by atoms with E-state index in [2.05, 4.69) is 15.0 Å². The van der Waals surface area contributed by atoms with E-state index in [-0.39, 0.29) is 34.3 Å². The second-order valence-corrected chi connectivity index (χ2v) is 9.64. The number of aromatic nitrogens is 4. The third-order valence-electron chi connectivity index (χ3n) is 5.79. The highest BCUT2D eigenvalue weighted by Crippen LogP contribution is 2.28. The fraction of sp³-hybridized carbons (Fsp3) is 0.259. The summed E-state index contributed by atoms with van der Waals surface area (Å²) in [5.41, 5.74) is 1.34. The lowest BCUT2D eigenvalue weighted by atomic mass is 10.1. The number of aryl methyl sites for hydroxylation is 3. The van der Waals surface area contributed by atoms with E-state index in [9.17, 15) is 18.7 Å². The first kappa shape index (κ1) is 26.4. The second-order valence-electron chi connectivity index (χ2n) is 9.27. The molecule has 7 nitrogen and oxygen atoms in total. The third kappa shape index (κ3) is 5.38. The molecule has 4 rings (SSSR count). The summed E-state index contributed by atoms with van der Waals surface area (Å²) >= 11 is 6.39. The summed E-state index contributed by atoms with van der Waals surface area (Å²) in [6, 6.07) is 7.09. The maximum absolute atomic E-state index is 14.1. The van der Waals surface area contributed by atoms with E-state index in [1.165, 1.54) is 23.8 Å². The lowest BCUT2D eigenvalue weighted by Crippen LogP contribution is -2.23. The number of halogens is 3. The Morgan fingerprint density at radius 1 is 1.03 bits per heavy atom. The first-order chi connectivity index (χ1) is 17.4. The molecule has 0 amide bonds. The average molecular weight is 527 g/mol. The normalized spacial score (nSPS) is 11.6. The molecular formula is C27H25ClF2N4O3. The van der Waals surface area contributed by atoms with Crippen LogP contribution in [-0.4, -0.2) is 24.6 Å². The van der Waals surface area contributed by atoms with Crippen molar-refractivity contribution in [2.75, 3.05) is 0 Å². The van der Waals surface area contributed by atoms with Gasteiger partial charge in [-0.15, -0.1) is 0 Å². The third-order valence-corrected chi connectivity index (χ3v) is 6.14. The molecule has 0 saturated carbocycles. The van der Waals surface area contributed by atoms with Crippen LogP contribution in [0.1, 0.15) is 42.1 Å². The van der Waals surface area contributed by atoms with Crippen LogP contribution < -0.4 is 10.3 Å². The topological polar surface area (TPSA) is 90.1 Å². The van der Waals surface area contributed by atoms with Crippen molar-refractivity contribution >= 4 is 11.6 Å². The summed E-state index contributed by atoms with van der Waals surface area (Å²) < 4.78 is 34.8. The van der Waals surface area contributed by atoms with Gasteiger partial charge in [-0.25, -0.2) is 18.7 Å². The number of nitrogens with zero attached hydrogens (tertiary/aromatic N) is 4. The molecule has 1 aromatic carbocycles. The number of benzene rings is 1. The summed E-state index contributed by atoms with van der Waals surface area (Å²) in [7, 11) is 0. The quantitative estimate of drug-likeness (QED) is 0.364. The molecule has 37 heavy (non-hydrogen) atoms. The molecule has 0 aliphatic rings. The van der Waals surface area contributed by atoms with E-state index in [0.29, 0.717) is 28.3 Å². The lowest BCUT2D eigenvalue weighted by molar-refractivity contribution is 0.0688. The van der Waals surface area contributed by atoms with Crippen LogP contribution in [0.4, 0.5) is 8.78 Å². The van der Waals surface area contributed by atoms with E-state index in [1.807, 2.05) is 0 Å². The molecule has 192 valence electrons. The van der Waals surface area contributed by atoms with Crippen LogP contribution in [0, 0.1) is 32.4 Å². The Morgan fingerprint density at radius 3 is 2.46 bits per heavy atom. The number of hydrogen-bond acceptors (Lipinski definition) is 6. The van der Waals surface area contributed by atoms with Crippen molar-refractivity contribution in [3.05, 3.63) is 97.9 Å². The monoisotopic (exact) mass is 526 g/mol. The van der Waals surface area contributed by atoms with Gasteiger partial charge in [0.25, 0.3) is 5.56 Å². The van der Waals surface area contributed by atoms with Gasteiger partial charge in [-0.05, 0) is 63.9 Å². The molecule has 0 radical (unpaired) electrons. The first-order valence-corrected chi connectivity index (χ1v) is 11.8. The van der Waals surface area contributed by atoms with Gasteiger partial charge >= 0.3 is 0 Å². The second kappa shape index (κ2) is 9.99. The Morgan fingerprint density at radius 2 is 1.76 bits per heavy atom. The number of pyridine rings is 2. The van der Waals surface area contributed by atoms with E-state index >= 15 is 0 Å². The van der Waals surface area contributed by atoms with Crippen LogP contribution in [0.3, 0.4) is 0 Å². The zero-order valence-electron chi connectivity index (χ0n) is 20.9. The van der Waals surface area contributed by atoms with Gasteiger partial charge < -0.3 is 9.84 Å². The highest BCUT2D eigenvalue weighted by Gasteiger charge is 2.21. The van der Waals surface area contributed by atoms with E-state index in [4.69, 9.17) is 16.3 Å². The van der Waals surface area contributed by atoms with E-state index in [0.717, 1.165) is 6.07 Å². The van der Waals surface area contributed by atoms with Crippen LogP contribution in [0.2, 0.25) is 5.02 Å². The summed E-state index contributed by atoms with van der Waals surface area (Å²) in [6.07, 6.45) is 3.14. The number of hydrogen-bond donors (Lipinski definition) is 1. The van der Waals surface area contributed by atoms with Gasteiger partial charge in [-0.1, -0.05) is 11.6 Å². The fourth-order valence-electron chi connectivity index (χ4n) is 3.76. The Labute approximate surface area is 217 Å². The smallest absolute Gasteiger partial charge is 0.277 e. The van der Waals surface area contributed by atoms with Crippen LogP contribution in [-0.2, 0) is 12.2 Å². The Balaban J connectivity index is 1.72. The van der Waals surface area contributed by atoms with Gasteiger partial charge in [0, 0.05) is 35.8 Å². The van der Waals surface area contributed by atoms with Gasteiger partial charge in [0.05, 0.1) is 17.1 Å². The zero-order chi connectivity index (χ0) is 27.1. The minimum Gasteiger partial charge on any atom is -0.487 e. The summed E-state index contributed by atoms with van der Waals surface area (Å²) in [4.78, 5) is 26.3. The lowest BCUT2D eigenvalue weighted by Gasteiger charge is -2.18. The molecule has 4 aromatic rings. The first-order valence-electron chi connectivity index (χ1n) is 11.4. The molecule has 1 N–H and O–H groups in total. The highest BCUT2D eigenvalue weighted by atomic mass is 35.5. The number of aliphatic hydroxyl groups is 1. The van der Waals surface area contributed by atoms with Gasteiger partial charge in [0.15, 0.2) is 5.82 Å². The molecule has 3 aromatic heterocycles. The Bertz CT molecular complexity index is 1570. The van der Waals surface area contributed by atoms with Crippen molar-refractivity contribution in [2.45, 2.75) is 46.8 Å². The Hall–Kier alpha value is -3.69. The zero-order valence-corrected chi connectivity index (χ0v) is 21.7. The molecule has 3 heterocycles. The Kier molecular flexibility index (Phi) is 7.12. The number of rotatable bonds is 6. The standard InChI is InChI=1S/C27H25ClF2N4O3/c1-14-8-17(19(30)10-18(14)29)13-37-23-9-16(3)34(25(35)24(23)28)22-11-21(32-12-15(22)2)20-6-7-31-26(33-20)27(4,5)36/h6-12,36H,13H2,1-5H3. The van der Waals surface area contributed by atoms with Crippen molar-refractivity contribution < 1.29 is 18.6 Å². The van der Waals surface area contributed by atoms with Crippen molar-refractivity contribution in [2.24, 2.45) is 0 Å². The molecule has 0 aliphatic carbocycles. The predicted molar refractivity (Wildman–Crippen MR) is 136 cm³/mol. The molecule has 0 unspecified atom stereocenters. The van der Waals surface area contributed by atoms with Crippen LogP contribution in [0.5, 0.6) is 5.75 Å². The SMILES string of the molecule is Cc1cc(COc2cc(C)n(-c3cc(-c4ccnc(C(C)(C)O)n4)ncc3C)c(=O)c2Cl)c(F)cc1F. The van der Waals surface area contributed by atoms with Gasteiger partial charge in [-0.3, -0.25) is 14.3 Å². The van der Waals surface area contributed by atoms with Crippen molar-refractivity contribution in [3.8, 4) is 22.8 Å². The molecule has 0 fully saturated rings. The predicted octanol–water partition coefficient (Wildman–Crippen LogP) is 5.35. The van der Waals surface area contributed by atoms with E-state index in [1.54, 1.807) is 52.1 Å². The average Bonchev–Trinajstić information content (AvgIpc) is 2.84. The fourth-order valence-corrected chi connectivity index (χ4v) is 3.95. The van der Waals surface area contributed by atoms with Crippen LogP contribution in [0.15, 0.2) is 47.5 Å². The maximum atomic E-state index is 14.1. The summed E-state index contributed by atoms with van der Waals surface area (Å²) in [5, 5.41) is 10.1. The molecule has 0 spiro atoms. The molecule has 0 aliphatic heterocycles. The molecule has 0 atom stereocenters. The minimum absolute atomic E-state index is 0.0827. The van der Waals surface area contributed by atoms with Crippen LogP contribution >= 0.6 is 11.6 Å². The molecule has 0 saturated heterocycles. The van der Waals surface area contributed by atoms with Crippen LogP contribution in [0.25, 0.3) is 17.1 Å². The molecular weight excluding hydrogens is 502 g/mol. The largest absolute Gasteiger partial charge is 0.487 e. The summed E-state index contributed by atoms with van der Waals surface area (Å²) in [5.74, 6) is -1.08. The van der Waals surface area contributed by atoms with Crippen molar-refractivity contribution in [1.82, 2.24) is 19.5 Å². The van der Waals surface area contributed by atoms with Gasteiger partial charge in [-0.2, -0.15) is 0 Å². The number of ether oxygens (including phenoxy) is 1. The van der Waals surface area contributed by atoms with Crippen molar-refractivity contribution in [3.63, 3.8) is 0 Å². The molecule has 0 bridgehead atoms. The maximum Gasteiger partial charge on any atom is 0.277 e.